The van der Waals surface area contributed by atoms with Crippen molar-refractivity contribution < 1.29 is 26.7 Å². The van der Waals surface area contributed by atoms with Crippen molar-refractivity contribution in [3.05, 3.63) is 64.2 Å². The Hall–Kier alpha value is -2.25. The number of cyclic esters (lactones) is 1. The molecule has 0 unspecified atom stereocenters. The predicted molar refractivity (Wildman–Crippen MR) is 88.7 cm³/mol. The second-order valence-electron chi connectivity index (χ2n) is 5.47. The van der Waals surface area contributed by atoms with E-state index < -0.39 is 32.3 Å². The maximum atomic E-state index is 14.4. The normalized spacial score (nSPS) is 14.8. The van der Waals surface area contributed by atoms with Crippen LogP contribution in [0.5, 0.6) is 0 Å². The molecule has 1 heterocycles. The average molecular weight is 385 g/mol. The summed E-state index contributed by atoms with van der Waals surface area (Å²) in [6, 6.07) is 7.59. The van der Waals surface area contributed by atoms with Gasteiger partial charge in [-0.2, -0.15) is 0 Å². The SMILES string of the molecule is CS(=O)(=O)c1cc(F)c(C2=C(c3ccc(Cl)cc3)C(=O)OC2)cc1F. The highest BCUT2D eigenvalue weighted by molar-refractivity contribution is 7.90. The van der Waals surface area contributed by atoms with Gasteiger partial charge in [0, 0.05) is 22.4 Å². The summed E-state index contributed by atoms with van der Waals surface area (Å²) in [6.45, 7) is -0.245. The second kappa shape index (κ2) is 6.24. The monoisotopic (exact) mass is 384 g/mol. The minimum absolute atomic E-state index is 0.0853. The smallest absolute Gasteiger partial charge is 0.339 e. The quantitative estimate of drug-likeness (QED) is 0.760. The van der Waals surface area contributed by atoms with Crippen molar-refractivity contribution in [3.63, 3.8) is 0 Å². The Morgan fingerprint density at radius 2 is 1.72 bits per heavy atom. The lowest BCUT2D eigenvalue weighted by molar-refractivity contribution is -0.133. The zero-order chi connectivity index (χ0) is 18.4. The van der Waals surface area contributed by atoms with Crippen LogP contribution < -0.4 is 0 Å². The van der Waals surface area contributed by atoms with E-state index in [0.717, 1.165) is 12.3 Å². The van der Waals surface area contributed by atoms with Crippen molar-refractivity contribution in [3.8, 4) is 0 Å². The predicted octanol–water partition coefficient (Wildman–Crippen LogP) is 3.49. The van der Waals surface area contributed by atoms with Crippen molar-refractivity contribution >= 4 is 38.6 Å². The fourth-order valence-electron chi connectivity index (χ4n) is 2.57. The Bertz CT molecular complexity index is 1010. The van der Waals surface area contributed by atoms with Gasteiger partial charge in [0.15, 0.2) is 9.84 Å². The molecule has 0 aliphatic carbocycles. The summed E-state index contributed by atoms with van der Waals surface area (Å²) in [4.78, 5) is 11.3. The number of carbonyl (C=O) groups is 1. The summed E-state index contributed by atoms with van der Waals surface area (Å²) in [6.07, 6.45) is 0.783. The van der Waals surface area contributed by atoms with Crippen molar-refractivity contribution in [2.24, 2.45) is 0 Å². The summed E-state index contributed by atoms with van der Waals surface area (Å²) in [5.41, 5.74) is 0.445. The molecule has 3 rings (SSSR count). The van der Waals surface area contributed by atoms with Gasteiger partial charge in [0.05, 0.1) is 5.57 Å². The first-order valence-corrected chi connectivity index (χ1v) is 9.31. The molecule has 4 nitrogen and oxygen atoms in total. The van der Waals surface area contributed by atoms with Crippen LogP contribution in [-0.2, 0) is 19.4 Å². The molecule has 8 heteroatoms. The summed E-state index contributed by atoms with van der Waals surface area (Å²) in [5, 5.41) is 0.451. The van der Waals surface area contributed by atoms with Gasteiger partial charge in [-0.3, -0.25) is 0 Å². The van der Waals surface area contributed by atoms with Crippen LogP contribution in [-0.4, -0.2) is 27.2 Å². The molecule has 0 bridgehead atoms. The fourth-order valence-corrected chi connectivity index (χ4v) is 3.43. The van der Waals surface area contributed by atoms with Gasteiger partial charge in [0.1, 0.15) is 23.1 Å². The molecule has 1 aliphatic rings. The molecule has 0 amide bonds. The van der Waals surface area contributed by atoms with Crippen LogP contribution in [0.15, 0.2) is 41.3 Å². The van der Waals surface area contributed by atoms with Crippen molar-refractivity contribution in [1.29, 1.82) is 0 Å². The average Bonchev–Trinajstić information content (AvgIpc) is 2.90. The molecular weight excluding hydrogens is 374 g/mol. The van der Waals surface area contributed by atoms with Crippen LogP contribution >= 0.6 is 11.6 Å². The number of halogens is 3. The van der Waals surface area contributed by atoms with Crippen LogP contribution in [0, 0.1) is 11.6 Å². The first-order chi connectivity index (χ1) is 11.7. The Labute approximate surface area is 147 Å². The maximum Gasteiger partial charge on any atom is 0.339 e. The number of rotatable bonds is 3. The molecule has 0 spiro atoms. The molecule has 0 atom stereocenters. The minimum atomic E-state index is -3.92. The molecule has 1 aliphatic heterocycles. The largest absolute Gasteiger partial charge is 0.457 e. The van der Waals surface area contributed by atoms with Crippen LogP contribution in [0.1, 0.15) is 11.1 Å². The molecule has 2 aromatic rings. The molecule has 0 fully saturated rings. The Kier molecular flexibility index (Phi) is 4.38. The molecule has 0 saturated heterocycles. The van der Waals surface area contributed by atoms with E-state index in [0.29, 0.717) is 16.7 Å². The molecule has 0 saturated carbocycles. The van der Waals surface area contributed by atoms with E-state index in [4.69, 9.17) is 16.3 Å². The van der Waals surface area contributed by atoms with E-state index in [2.05, 4.69) is 0 Å². The van der Waals surface area contributed by atoms with Gasteiger partial charge in [-0.1, -0.05) is 23.7 Å². The molecule has 2 aromatic carbocycles. The van der Waals surface area contributed by atoms with E-state index in [9.17, 15) is 22.0 Å². The first kappa shape index (κ1) is 17.6. The lowest BCUT2D eigenvalue weighted by atomic mass is 9.96. The van der Waals surface area contributed by atoms with Gasteiger partial charge < -0.3 is 4.74 Å². The number of benzene rings is 2. The topological polar surface area (TPSA) is 60.4 Å². The standard InChI is InChI=1S/C17H11ClF2O4S/c1-25(22,23)15-7-13(19)11(6-14(15)20)12-8-24-17(21)16(12)9-2-4-10(18)5-3-9/h2-7H,8H2,1H3. The highest BCUT2D eigenvalue weighted by atomic mass is 35.5. The van der Waals surface area contributed by atoms with E-state index in [1.54, 1.807) is 24.3 Å². The lowest BCUT2D eigenvalue weighted by Gasteiger charge is -2.09. The summed E-state index contributed by atoms with van der Waals surface area (Å²) in [5.74, 6) is -2.73. The molecule has 0 radical (unpaired) electrons. The van der Waals surface area contributed by atoms with Gasteiger partial charge >= 0.3 is 5.97 Å². The Morgan fingerprint density at radius 3 is 2.32 bits per heavy atom. The number of hydrogen-bond acceptors (Lipinski definition) is 4. The van der Waals surface area contributed by atoms with Crippen molar-refractivity contribution in [1.82, 2.24) is 0 Å². The van der Waals surface area contributed by atoms with Gasteiger partial charge in [-0.15, -0.1) is 0 Å². The van der Waals surface area contributed by atoms with E-state index in [1.165, 1.54) is 0 Å². The van der Waals surface area contributed by atoms with Crippen molar-refractivity contribution in [2.45, 2.75) is 4.90 Å². The minimum Gasteiger partial charge on any atom is -0.457 e. The van der Waals surface area contributed by atoms with E-state index in [1.807, 2.05) is 0 Å². The maximum absolute atomic E-state index is 14.4. The zero-order valence-electron chi connectivity index (χ0n) is 12.8. The lowest BCUT2D eigenvalue weighted by Crippen LogP contribution is -2.04. The third kappa shape index (κ3) is 3.29. The molecule has 130 valence electrons. The number of ether oxygens (including phenoxy) is 1. The van der Waals surface area contributed by atoms with Crippen LogP contribution in [0.2, 0.25) is 5.02 Å². The highest BCUT2D eigenvalue weighted by Crippen LogP contribution is 2.35. The van der Waals surface area contributed by atoms with Gasteiger partial charge in [-0.25, -0.2) is 22.0 Å². The number of carbonyl (C=O) groups excluding carboxylic acids is 1. The van der Waals surface area contributed by atoms with Crippen LogP contribution in [0.25, 0.3) is 11.1 Å². The number of esters is 1. The zero-order valence-corrected chi connectivity index (χ0v) is 14.4. The summed E-state index contributed by atoms with van der Waals surface area (Å²) in [7, 11) is -3.92. The van der Waals surface area contributed by atoms with E-state index >= 15 is 0 Å². The highest BCUT2D eigenvalue weighted by Gasteiger charge is 2.30. The molecule has 0 aromatic heterocycles. The Morgan fingerprint density at radius 1 is 1.08 bits per heavy atom. The fraction of sp³-hybridized carbons (Fsp3) is 0.118. The summed E-state index contributed by atoms with van der Waals surface area (Å²) < 4.78 is 56.5. The molecular formula is C17H11ClF2O4S. The number of hydrogen-bond donors (Lipinski definition) is 0. The van der Waals surface area contributed by atoms with Crippen LogP contribution in [0.4, 0.5) is 8.78 Å². The summed E-state index contributed by atoms with van der Waals surface area (Å²) >= 11 is 5.82. The second-order valence-corrected chi connectivity index (χ2v) is 7.89. The van der Waals surface area contributed by atoms with Crippen LogP contribution in [0.3, 0.4) is 0 Å². The van der Waals surface area contributed by atoms with Crippen molar-refractivity contribution in [2.75, 3.05) is 12.9 Å². The van der Waals surface area contributed by atoms with Gasteiger partial charge in [-0.05, 0) is 29.8 Å². The number of sulfone groups is 1. The van der Waals surface area contributed by atoms with Gasteiger partial charge in [0.2, 0.25) is 0 Å². The third-order valence-electron chi connectivity index (χ3n) is 3.73. The third-order valence-corrected chi connectivity index (χ3v) is 5.10. The molecule has 25 heavy (non-hydrogen) atoms. The Balaban J connectivity index is 2.21. The first-order valence-electron chi connectivity index (χ1n) is 7.04. The molecule has 0 N–H and O–H groups in total. The van der Waals surface area contributed by atoms with Gasteiger partial charge in [0.25, 0.3) is 0 Å². The van der Waals surface area contributed by atoms with E-state index in [-0.39, 0.29) is 23.3 Å².